The van der Waals surface area contributed by atoms with Crippen molar-refractivity contribution in [2.75, 3.05) is 10.2 Å². The van der Waals surface area contributed by atoms with E-state index in [1.807, 2.05) is 12.1 Å². The number of phenolic OH excluding ortho intramolecular Hbond substituents is 1. The summed E-state index contributed by atoms with van der Waals surface area (Å²) in [4.78, 5) is 27.2. The SMILES string of the molecule is O=C(CC1SC(=NN=Cc2ccc(Cl)cc2)N(c2ccc(O)cc2)C1=O)Nc1ccc(Br)cc1. The van der Waals surface area contributed by atoms with Crippen LogP contribution in [-0.2, 0) is 9.59 Å². The number of nitrogens with zero attached hydrogens (tertiary/aromatic N) is 3. The normalized spacial score (nSPS) is 17.0. The zero-order chi connectivity index (χ0) is 24.1. The molecular formula is C24H18BrClN4O3S. The van der Waals surface area contributed by atoms with E-state index in [0.717, 1.165) is 10.0 Å². The summed E-state index contributed by atoms with van der Waals surface area (Å²) in [7, 11) is 0. The summed E-state index contributed by atoms with van der Waals surface area (Å²) in [5, 5.41) is 21.1. The molecule has 2 N–H and O–H groups in total. The van der Waals surface area contributed by atoms with E-state index in [1.54, 1.807) is 54.7 Å². The maximum Gasteiger partial charge on any atom is 0.247 e. The molecule has 1 aliphatic heterocycles. The Morgan fingerprint density at radius 2 is 1.76 bits per heavy atom. The molecule has 7 nitrogen and oxygen atoms in total. The minimum Gasteiger partial charge on any atom is -0.508 e. The number of rotatable bonds is 6. The number of amidine groups is 1. The fraction of sp³-hybridized carbons (Fsp3) is 0.0833. The number of hydrogen-bond acceptors (Lipinski definition) is 6. The van der Waals surface area contributed by atoms with E-state index in [9.17, 15) is 14.7 Å². The lowest BCUT2D eigenvalue weighted by atomic mass is 10.2. The van der Waals surface area contributed by atoms with Gasteiger partial charge in [0.2, 0.25) is 11.8 Å². The van der Waals surface area contributed by atoms with Crippen LogP contribution in [0.3, 0.4) is 0 Å². The largest absolute Gasteiger partial charge is 0.508 e. The first-order chi connectivity index (χ1) is 16.4. The van der Waals surface area contributed by atoms with Crippen LogP contribution in [0, 0.1) is 0 Å². The molecular weight excluding hydrogens is 540 g/mol. The van der Waals surface area contributed by atoms with E-state index in [2.05, 4.69) is 31.4 Å². The van der Waals surface area contributed by atoms with E-state index in [0.29, 0.717) is 21.6 Å². The van der Waals surface area contributed by atoms with Crippen molar-refractivity contribution in [2.24, 2.45) is 10.2 Å². The highest BCUT2D eigenvalue weighted by atomic mass is 79.9. The number of benzene rings is 3. The Balaban J connectivity index is 1.53. The second-order valence-electron chi connectivity index (χ2n) is 7.23. The number of aromatic hydroxyl groups is 1. The van der Waals surface area contributed by atoms with Gasteiger partial charge in [-0.1, -0.05) is 51.4 Å². The quantitative estimate of drug-likeness (QED) is 0.301. The molecule has 1 fully saturated rings. The highest BCUT2D eigenvalue weighted by Gasteiger charge is 2.40. The van der Waals surface area contributed by atoms with Crippen molar-refractivity contribution in [2.45, 2.75) is 11.7 Å². The Morgan fingerprint density at radius 1 is 1.09 bits per heavy atom. The fourth-order valence-electron chi connectivity index (χ4n) is 3.11. The maximum atomic E-state index is 13.2. The van der Waals surface area contributed by atoms with E-state index < -0.39 is 5.25 Å². The number of nitrogens with one attached hydrogen (secondary N) is 1. The number of thioether (sulfide) groups is 1. The highest BCUT2D eigenvalue weighted by molar-refractivity contribution is 9.10. The van der Waals surface area contributed by atoms with Crippen LogP contribution in [0.25, 0.3) is 0 Å². The molecule has 0 aliphatic carbocycles. The Kier molecular flexibility index (Phi) is 7.66. The van der Waals surface area contributed by atoms with Crippen LogP contribution in [0.5, 0.6) is 5.75 Å². The average Bonchev–Trinajstić information content (AvgIpc) is 3.12. The van der Waals surface area contributed by atoms with Gasteiger partial charge in [-0.15, -0.1) is 5.10 Å². The Bertz CT molecular complexity index is 1250. The minimum absolute atomic E-state index is 0.0337. The van der Waals surface area contributed by atoms with Gasteiger partial charge in [0.15, 0.2) is 5.17 Å². The molecule has 1 saturated heterocycles. The Morgan fingerprint density at radius 3 is 2.44 bits per heavy atom. The number of halogens is 2. The molecule has 34 heavy (non-hydrogen) atoms. The zero-order valence-electron chi connectivity index (χ0n) is 17.6. The van der Waals surface area contributed by atoms with Crippen LogP contribution >= 0.6 is 39.3 Å². The van der Waals surface area contributed by atoms with Crippen molar-refractivity contribution in [3.63, 3.8) is 0 Å². The number of amides is 2. The molecule has 2 amide bonds. The van der Waals surface area contributed by atoms with Crippen LogP contribution in [0.1, 0.15) is 12.0 Å². The molecule has 0 bridgehead atoms. The maximum absolute atomic E-state index is 13.2. The summed E-state index contributed by atoms with van der Waals surface area (Å²) in [6.45, 7) is 0. The summed E-state index contributed by atoms with van der Waals surface area (Å²) in [6.07, 6.45) is 1.52. The lowest BCUT2D eigenvalue weighted by Crippen LogP contribution is -2.33. The van der Waals surface area contributed by atoms with Crippen molar-refractivity contribution < 1.29 is 14.7 Å². The van der Waals surface area contributed by atoms with Gasteiger partial charge in [-0.25, -0.2) is 0 Å². The van der Waals surface area contributed by atoms with Crippen LogP contribution in [0.2, 0.25) is 5.02 Å². The number of anilines is 2. The first-order valence-corrected chi connectivity index (χ1v) is 12.2. The molecule has 3 aromatic rings. The number of hydrogen-bond donors (Lipinski definition) is 2. The highest BCUT2D eigenvalue weighted by Crippen LogP contribution is 2.34. The van der Waals surface area contributed by atoms with Crippen molar-refractivity contribution in [3.8, 4) is 5.75 Å². The molecule has 0 aromatic heterocycles. The molecule has 1 aliphatic rings. The molecule has 1 unspecified atom stereocenters. The molecule has 0 saturated carbocycles. The van der Waals surface area contributed by atoms with Gasteiger partial charge in [-0.05, 0) is 66.2 Å². The summed E-state index contributed by atoms with van der Waals surface area (Å²) >= 11 is 10.4. The number of carbonyl (C=O) groups is 2. The van der Waals surface area contributed by atoms with Gasteiger partial charge in [-0.3, -0.25) is 14.5 Å². The van der Waals surface area contributed by atoms with Crippen molar-refractivity contribution in [3.05, 3.63) is 87.9 Å². The van der Waals surface area contributed by atoms with Gasteiger partial charge in [0.1, 0.15) is 11.0 Å². The van der Waals surface area contributed by atoms with Gasteiger partial charge in [0.05, 0.1) is 11.9 Å². The van der Waals surface area contributed by atoms with Crippen LogP contribution in [0.15, 0.2) is 87.5 Å². The monoisotopic (exact) mass is 556 g/mol. The summed E-state index contributed by atoms with van der Waals surface area (Å²) < 4.78 is 0.900. The smallest absolute Gasteiger partial charge is 0.247 e. The standard InChI is InChI=1S/C24H18BrClN4O3S/c25-16-3-7-18(8-4-16)28-22(32)13-21-23(33)30(19-9-11-20(31)12-10-19)24(34-21)29-27-14-15-1-5-17(26)6-2-15/h1-12,14,21,31H,13H2,(H,28,32). The predicted octanol–water partition coefficient (Wildman–Crippen LogP) is 5.68. The minimum atomic E-state index is -0.672. The van der Waals surface area contributed by atoms with Crippen LogP contribution in [-0.4, -0.2) is 33.6 Å². The number of phenols is 1. The van der Waals surface area contributed by atoms with Gasteiger partial charge in [0, 0.05) is 21.6 Å². The molecule has 3 aromatic carbocycles. The molecule has 0 spiro atoms. The van der Waals surface area contributed by atoms with E-state index in [1.165, 1.54) is 28.8 Å². The van der Waals surface area contributed by atoms with Crippen LogP contribution < -0.4 is 10.2 Å². The lowest BCUT2D eigenvalue weighted by Gasteiger charge is -2.16. The van der Waals surface area contributed by atoms with Crippen LogP contribution in [0.4, 0.5) is 11.4 Å². The van der Waals surface area contributed by atoms with Gasteiger partial charge in [-0.2, -0.15) is 5.10 Å². The lowest BCUT2D eigenvalue weighted by molar-refractivity contribution is -0.121. The van der Waals surface area contributed by atoms with Crippen molar-refractivity contribution in [1.82, 2.24) is 0 Å². The second-order valence-corrected chi connectivity index (χ2v) is 9.76. The molecule has 1 atom stereocenters. The average molecular weight is 558 g/mol. The van der Waals surface area contributed by atoms with E-state index in [4.69, 9.17) is 11.6 Å². The predicted molar refractivity (Wildman–Crippen MR) is 141 cm³/mol. The molecule has 172 valence electrons. The first kappa shape index (κ1) is 24.0. The Hall–Kier alpha value is -3.14. The topological polar surface area (TPSA) is 94.4 Å². The second kappa shape index (κ2) is 10.9. The van der Waals surface area contributed by atoms with Gasteiger partial charge in [0.25, 0.3) is 0 Å². The van der Waals surface area contributed by atoms with Gasteiger partial charge >= 0.3 is 0 Å². The number of carbonyl (C=O) groups excluding carboxylic acids is 2. The first-order valence-electron chi connectivity index (χ1n) is 10.1. The zero-order valence-corrected chi connectivity index (χ0v) is 20.7. The third kappa shape index (κ3) is 6.05. The fourth-order valence-corrected chi connectivity index (χ4v) is 4.59. The van der Waals surface area contributed by atoms with Gasteiger partial charge < -0.3 is 10.4 Å². The summed E-state index contributed by atoms with van der Waals surface area (Å²) in [5.41, 5.74) is 1.96. The molecule has 4 rings (SSSR count). The molecule has 10 heteroatoms. The Labute approximate surface area is 213 Å². The third-order valence-corrected chi connectivity index (χ3v) is 6.67. The van der Waals surface area contributed by atoms with Crippen molar-refractivity contribution in [1.29, 1.82) is 0 Å². The molecule has 0 radical (unpaired) electrons. The van der Waals surface area contributed by atoms with Crippen molar-refractivity contribution >= 4 is 73.9 Å². The summed E-state index contributed by atoms with van der Waals surface area (Å²) in [5.74, 6) is -0.500. The molecule has 1 heterocycles. The third-order valence-electron chi connectivity index (χ3n) is 4.76. The van der Waals surface area contributed by atoms with E-state index in [-0.39, 0.29) is 24.0 Å². The summed E-state index contributed by atoms with van der Waals surface area (Å²) in [6, 6.07) is 20.4. The van der Waals surface area contributed by atoms with E-state index >= 15 is 0 Å².